The number of aromatic amines is 1. The summed E-state index contributed by atoms with van der Waals surface area (Å²) in [5.41, 5.74) is -4.01. The number of aromatic nitrogens is 2. The maximum atomic E-state index is 11.9. The summed E-state index contributed by atoms with van der Waals surface area (Å²) in [5.74, 6) is 0. The van der Waals surface area contributed by atoms with Crippen LogP contribution in [-0.4, -0.2) is 91.2 Å². The minimum atomic E-state index is -5.79. The predicted molar refractivity (Wildman–Crippen MR) is 98.4 cm³/mol. The molecule has 1 aromatic rings. The molecular formula is C14H20N2O16P2-2. The molecule has 2 fully saturated rings. The van der Waals surface area contributed by atoms with Crippen molar-refractivity contribution in [3.05, 3.63) is 33.1 Å². The maximum absolute atomic E-state index is 11.9. The third-order valence-corrected chi connectivity index (χ3v) is 7.40. The number of phosphoric acid groups is 2. The van der Waals surface area contributed by atoms with Gasteiger partial charge in [0.15, 0.2) is 12.5 Å². The molecule has 0 amide bonds. The van der Waals surface area contributed by atoms with Gasteiger partial charge in [0.25, 0.3) is 21.2 Å². The second-order valence-corrected chi connectivity index (χ2v) is 10.2. The Balaban J connectivity index is 1.60. The summed E-state index contributed by atoms with van der Waals surface area (Å²) in [6.45, 7) is -2.84. The summed E-state index contributed by atoms with van der Waals surface area (Å²) in [7, 11) is -11.5. The first-order valence-corrected chi connectivity index (χ1v) is 12.2. The molecule has 20 heteroatoms. The van der Waals surface area contributed by atoms with Crippen molar-refractivity contribution in [3.63, 3.8) is 0 Å². The number of nitrogens with one attached hydrogen (secondary N) is 1. The van der Waals surface area contributed by atoms with Crippen molar-refractivity contribution < 1.29 is 67.3 Å². The van der Waals surface area contributed by atoms with Crippen molar-refractivity contribution >= 4 is 15.6 Å². The van der Waals surface area contributed by atoms with Crippen LogP contribution in [0.5, 0.6) is 0 Å². The monoisotopic (exact) mass is 534 g/mol. The number of H-pyrrole nitrogens is 1. The van der Waals surface area contributed by atoms with Crippen LogP contribution in [0.25, 0.3) is 0 Å². The summed E-state index contributed by atoms with van der Waals surface area (Å²) in [4.78, 5) is 48.7. The third-order valence-electron chi connectivity index (χ3n) is 4.87. The average molecular weight is 534 g/mol. The zero-order chi connectivity index (χ0) is 25.5. The Hall–Kier alpha value is -1.34. The zero-order valence-electron chi connectivity index (χ0n) is 16.8. The summed E-state index contributed by atoms with van der Waals surface area (Å²) >= 11 is 0. The molecule has 2 aliphatic heterocycles. The highest BCUT2D eigenvalue weighted by Gasteiger charge is 2.50. The number of rotatable bonds is 9. The zero-order valence-corrected chi connectivity index (χ0v) is 18.6. The quantitative estimate of drug-likeness (QED) is 0.161. The average Bonchev–Trinajstić information content (AvgIpc) is 3.17. The lowest BCUT2D eigenvalue weighted by Gasteiger charge is -2.33. The van der Waals surface area contributed by atoms with E-state index in [0.717, 1.165) is 12.3 Å². The van der Waals surface area contributed by atoms with E-state index in [1.807, 2.05) is 4.98 Å². The fourth-order valence-electron chi connectivity index (χ4n) is 3.07. The highest BCUT2D eigenvalue weighted by molar-refractivity contribution is 7.59. The first kappa shape index (κ1) is 27.3. The van der Waals surface area contributed by atoms with Crippen molar-refractivity contribution in [3.8, 4) is 0 Å². The minimum Gasteiger partial charge on any atom is -0.756 e. The highest BCUT2D eigenvalue weighted by Crippen LogP contribution is 2.57. The van der Waals surface area contributed by atoms with Crippen LogP contribution in [-0.2, 0) is 32.0 Å². The van der Waals surface area contributed by atoms with Gasteiger partial charge >= 0.3 is 5.69 Å². The number of nitrogens with zero attached hydrogens (tertiary/aromatic N) is 1. The second kappa shape index (κ2) is 9.96. The Morgan fingerprint density at radius 1 is 1.21 bits per heavy atom. The molecule has 34 heavy (non-hydrogen) atoms. The van der Waals surface area contributed by atoms with Crippen molar-refractivity contribution in [2.45, 2.75) is 42.5 Å². The van der Waals surface area contributed by atoms with E-state index in [1.54, 1.807) is 0 Å². The summed E-state index contributed by atoms with van der Waals surface area (Å²) in [5, 5.41) is 48.7. The molecular weight excluding hydrogens is 514 g/mol. The number of phosphoric ester groups is 2. The molecule has 3 unspecified atom stereocenters. The van der Waals surface area contributed by atoms with Gasteiger partial charge < -0.3 is 49.3 Å². The number of hydrogen-bond donors (Lipinski definition) is 6. The van der Waals surface area contributed by atoms with Crippen LogP contribution in [0.4, 0.5) is 0 Å². The molecule has 6 N–H and O–H groups in total. The number of aliphatic hydroxyl groups excluding tert-OH is 4. The summed E-state index contributed by atoms with van der Waals surface area (Å²) in [6.07, 6.45) is -9.97. The van der Waals surface area contributed by atoms with Gasteiger partial charge in [0, 0.05) is 12.3 Å². The smallest absolute Gasteiger partial charge is 0.330 e. The van der Waals surface area contributed by atoms with E-state index in [2.05, 4.69) is 18.1 Å². The normalized spacial score (nSPS) is 37.4. The molecule has 194 valence electrons. The van der Waals surface area contributed by atoms with Crippen molar-refractivity contribution in [2.75, 3.05) is 19.8 Å². The maximum Gasteiger partial charge on any atom is 0.330 e. The fourth-order valence-corrected chi connectivity index (χ4v) is 5.15. The van der Waals surface area contributed by atoms with Crippen LogP contribution in [0.2, 0.25) is 0 Å². The van der Waals surface area contributed by atoms with E-state index in [9.17, 15) is 48.9 Å². The molecule has 0 aliphatic carbocycles. The Bertz CT molecular complexity index is 1090. The van der Waals surface area contributed by atoms with E-state index in [1.165, 1.54) is 0 Å². The number of aliphatic hydroxyl groups is 5. The van der Waals surface area contributed by atoms with E-state index < -0.39 is 89.2 Å². The number of ether oxygens (including phenoxy) is 2. The van der Waals surface area contributed by atoms with Crippen molar-refractivity contribution in [2.24, 2.45) is 0 Å². The molecule has 0 spiro atoms. The first-order chi connectivity index (χ1) is 15.7. The van der Waals surface area contributed by atoms with Crippen molar-refractivity contribution in [1.82, 2.24) is 9.55 Å². The van der Waals surface area contributed by atoms with Gasteiger partial charge in [0.05, 0.1) is 19.8 Å². The second-order valence-electron chi connectivity index (χ2n) is 7.33. The third kappa shape index (κ3) is 5.89. The van der Waals surface area contributed by atoms with Gasteiger partial charge in [0.2, 0.25) is 0 Å². The molecule has 1 aromatic heterocycles. The number of hydrogen-bond acceptors (Lipinski definition) is 16. The molecule has 3 rings (SSSR count). The SMILES string of the molecule is O=c1ccn([C@@H]2O[C@H](COP(=O)([O-])OP(=O)([O-])OC3OC[C@](O)(CO)[C@H]3O)[C@@H](O)[C@H]2O)c(=O)[nH]1. The summed E-state index contributed by atoms with van der Waals surface area (Å²) in [6, 6.07) is 0.922. The van der Waals surface area contributed by atoms with Gasteiger partial charge in [-0.1, -0.05) is 0 Å². The Morgan fingerprint density at radius 3 is 2.47 bits per heavy atom. The molecule has 0 aromatic carbocycles. The molecule has 18 nitrogen and oxygen atoms in total. The molecule has 9 atom stereocenters. The predicted octanol–water partition coefficient (Wildman–Crippen LogP) is -5.42. The van der Waals surface area contributed by atoms with Gasteiger partial charge in [-0.15, -0.1) is 0 Å². The van der Waals surface area contributed by atoms with Gasteiger partial charge in [-0.25, -0.2) is 9.11 Å². The van der Waals surface area contributed by atoms with E-state index in [4.69, 9.17) is 9.84 Å². The van der Waals surface area contributed by atoms with Gasteiger partial charge in [-0.05, 0) is 0 Å². The Kier molecular flexibility index (Phi) is 7.98. The molecule has 3 heterocycles. The van der Waals surface area contributed by atoms with Gasteiger partial charge in [-0.3, -0.25) is 28.0 Å². The lowest BCUT2D eigenvalue weighted by atomic mass is 10.0. The topological polar surface area (TPSA) is 282 Å². The molecule has 0 bridgehead atoms. The molecule has 0 saturated carbocycles. The van der Waals surface area contributed by atoms with Crippen LogP contribution >= 0.6 is 15.6 Å². The van der Waals surface area contributed by atoms with Crippen molar-refractivity contribution in [1.29, 1.82) is 0 Å². The minimum absolute atomic E-state index is 0.711. The first-order valence-electron chi connectivity index (χ1n) is 9.30. The van der Waals surface area contributed by atoms with E-state index in [0.29, 0.717) is 4.57 Å². The lowest BCUT2D eigenvalue weighted by molar-refractivity contribution is -0.257. The van der Waals surface area contributed by atoms with Crippen LogP contribution in [0.3, 0.4) is 0 Å². The van der Waals surface area contributed by atoms with Gasteiger partial charge in [0.1, 0.15) is 30.0 Å². The largest absolute Gasteiger partial charge is 0.756 e. The van der Waals surface area contributed by atoms with Crippen LogP contribution < -0.4 is 21.0 Å². The lowest BCUT2D eigenvalue weighted by Crippen LogP contribution is -2.47. The standard InChI is InChI=1S/C14H22N2O16P2/c17-4-14(23)5-28-12(10(14)21)31-34(26,27)32-33(24,25)29-3-6-8(19)9(20)11(30-6)16-2-1-7(18)15-13(16)22/h1-2,6,8-12,17,19-21,23H,3-5H2,(H,24,25)(H,26,27)(H,15,18,22)/p-2/t6-,8-,9-,10+,11-,12?,14-/m1/s1. The van der Waals surface area contributed by atoms with E-state index >= 15 is 0 Å². The molecule has 0 radical (unpaired) electrons. The molecule has 2 aliphatic rings. The Labute approximate surface area is 188 Å². The van der Waals surface area contributed by atoms with Crippen LogP contribution in [0.15, 0.2) is 21.9 Å². The van der Waals surface area contributed by atoms with Gasteiger partial charge in [-0.2, -0.15) is 0 Å². The van der Waals surface area contributed by atoms with E-state index in [-0.39, 0.29) is 0 Å². The summed E-state index contributed by atoms with van der Waals surface area (Å²) < 4.78 is 46.8. The van der Waals surface area contributed by atoms with Crippen LogP contribution in [0.1, 0.15) is 6.23 Å². The fraction of sp³-hybridized carbons (Fsp3) is 0.714. The Morgan fingerprint density at radius 2 is 1.88 bits per heavy atom. The highest BCUT2D eigenvalue weighted by atomic mass is 31.3. The molecule has 2 saturated heterocycles. The van der Waals surface area contributed by atoms with Crippen LogP contribution in [0, 0.1) is 0 Å².